The number of hydrogen-bond donors (Lipinski definition) is 1. The molecule has 0 bridgehead atoms. The van der Waals surface area contributed by atoms with Crippen LogP contribution in [0.1, 0.15) is 18.4 Å². The van der Waals surface area contributed by atoms with E-state index in [0.29, 0.717) is 5.92 Å². The van der Waals surface area contributed by atoms with Crippen molar-refractivity contribution in [3.63, 3.8) is 0 Å². The van der Waals surface area contributed by atoms with Crippen molar-refractivity contribution >= 4 is 12.0 Å². The molecular weight excluding hydrogens is 264 g/mol. The van der Waals surface area contributed by atoms with Gasteiger partial charge >= 0.3 is 0 Å². The Kier molecular flexibility index (Phi) is 5.81. The van der Waals surface area contributed by atoms with Crippen molar-refractivity contribution in [2.75, 3.05) is 33.8 Å². The number of carbonyl (C=O) groups is 1. The van der Waals surface area contributed by atoms with Crippen LogP contribution in [0.25, 0.3) is 6.08 Å². The van der Waals surface area contributed by atoms with Crippen molar-refractivity contribution in [3.8, 4) is 5.75 Å². The minimum Gasteiger partial charge on any atom is -0.496 e. The summed E-state index contributed by atoms with van der Waals surface area (Å²) in [5.74, 6) is 1.43. The van der Waals surface area contributed by atoms with Crippen molar-refractivity contribution in [3.05, 3.63) is 35.9 Å². The van der Waals surface area contributed by atoms with Gasteiger partial charge in [0.1, 0.15) is 5.75 Å². The first-order chi connectivity index (χ1) is 10.2. The molecule has 1 saturated heterocycles. The van der Waals surface area contributed by atoms with Gasteiger partial charge in [-0.25, -0.2) is 0 Å². The zero-order valence-electron chi connectivity index (χ0n) is 12.8. The van der Waals surface area contributed by atoms with Crippen LogP contribution in [0.15, 0.2) is 30.3 Å². The van der Waals surface area contributed by atoms with Gasteiger partial charge in [0.25, 0.3) is 0 Å². The molecule has 0 radical (unpaired) electrons. The Hall–Kier alpha value is -1.81. The number of piperidine rings is 1. The van der Waals surface area contributed by atoms with E-state index in [2.05, 4.69) is 5.32 Å². The van der Waals surface area contributed by atoms with Crippen LogP contribution in [0, 0.1) is 5.92 Å². The lowest BCUT2D eigenvalue weighted by Gasteiger charge is -2.32. The van der Waals surface area contributed by atoms with Crippen LogP contribution in [-0.2, 0) is 4.79 Å². The Morgan fingerprint density at radius 2 is 2.29 bits per heavy atom. The number of amides is 1. The Bertz CT molecular complexity index is 497. The van der Waals surface area contributed by atoms with Crippen LogP contribution in [0.3, 0.4) is 0 Å². The number of ether oxygens (including phenoxy) is 1. The summed E-state index contributed by atoms with van der Waals surface area (Å²) >= 11 is 0. The summed E-state index contributed by atoms with van der Waals surface area (Å²) in [5, 5.41) is 3.20. The summed E-state index contributed by atoms with van der Waals surface area (Å²) < 4.78 is 5.29. The average Bonchev–Trinajstić information content (AvgIpc) is 2.53. The fourth-order valence-electron chi connectivity index (χ4n) is 2.79. The quantitative estimate of drug-likeness (QED) is 0.844. The molecule has 0 aliphatic carbocycles. The van der Waals surface area contributed by atoms with Gasteiger partial charge in [-0.15, -0.1) is 0 Å². The molecule has 1 aromatic carbocycles. The SMILES string of the molecule is CNCC1CCCN(C(=O)C=Cc2ccccc2OC)C1. The highest BCUT2D eigenvalue weighted by atomic mass is 16.5. The maximum Gasteiger partial charge on any atom is 0.246 e. The van der Waals surface area contributed by atoms with E-state index in [4.69, 9.17) is 4.74 Å². The summed E-state index contributed by atoms with van der Waals surface area (Å²) in [7, 11) is 3.60. The summed E-state index contributed by atoms with van der Waals surface area (Å²) in [4.78, 5) is 14.2. The van der Waals surface area contributed by atoms with Gasteiger partial charge < -0.3 is 15.0 Å². The molecule has 1 unspecified atom stereocenters. The number of nitrogens with one attached hydrogen (secondary N) is 1. The molecule has 0 spiro atoms. The molecule has 2 rings (SSSR count). The molecule has 0 aromatic heterocycles. The molecule has 114 valence electrons. The first-order valence-electron chi connectivity index (χ1n) is 7.49. The number of nitrogens with zero attached hydrogens (tertiary/aromatic N) is 1. The Labute approximate surface area is 126 Å². The smallest absolute Gasteiger partial charge is 0.246 e. The standard InChI is InChI=1S/C17H24N2O2/c1-18-12-14-6-5-11-19(13-14)17(20)10-9-15-7-3-4-8-16(15)21-2/h3-4,7-10,14,18H,5-6,11-13H2,1-2H3. The van der Waals surface area contributed by atoms with Gasteiger partial charge in [-0.1, -0.05) is 18.2 Å². The van der Waals surface area contributed by atoms with Gasteiger partial charge in [-0.05, 0) is 44.5 Å². The van der Waals surface area contributed by atoms with Gasteiger partial charge in [0.05, 0.1) is 7.11 Å². The van der Waals surface area contributed by atoms with Gasteiger partial charge in [-0.3, -0.25) is 4.79 Å². The highest BCUT2D eigenvalue weighted by molar-refractivity contribution is 5.92. The highest BCUT2D eigenvalue weighted by Crippen LogP contribution is 2.20. The molecule has 1 atom stereocenters. The summed E-state index contributed by atoms with van der Waals surface area (Å²) in [6, 6.07) is 7.71. The second-order valence-corrected chi connectivity index (χ2v) is 5.43. The van der Waals surface area contributed by atoms with Crippen LogP contribution in [0.5, 0.6) is 5.75 Å². The Morgan fingerprint density at radius 1 is 1.48 bits per heavy atom. The van der Waals surface area contributed by atoms with E-state index in [1.165, 1.54) is 6.42 Å². The van der Waals surface area contributed by atoms with E-state index in [-0.39, 0.29) is 5.91 Å². The number of para-hydroxylation sites is 1. The predicted octanol–water partition coefficient (Wildman–Crippen LogP) is 2.17. The lowest BCUT2D eigenvalue weighted by atomic mass is 9.98. The normalized spacial score (nSPS) is 19.0. The summed E-state index contributed by atoms with van der Waals surface area (Å²) in [5.41, 5.74) is 0.928. The number of benzene rings is 1. The number of carbonyl (C=O) groups excluding carboxylic acids is 1. The molecular formula is C17H24N2O2. The third-order valence-electron chi connectivity index (χ3n) is 3.87. The molecule has 0 saturated carbocycles. The van der Waals surface area contributed by atoms with Gasteiger partial charge in [0.15, 0.2) is 0 Å². The molecule has 1 heterocycles. The molecule has 1 aromatic rings. The third-order valence-corrected chi connectivity index (χ3v) is 3.87. The number of hydrogen-bond acceptors (Lipinski definition) is 3. The van der Waals surface area contributed by atoms with Crippen LogP contribution in [-0.4, -0.2) is 44.6 Å². The second kappa shape index (κ2) is 7.84. The van der Waals surface area contributed by atoms with E-state index in [0.717, 1.165) is 37.4 Å². The van der Waals surface area contributed by atoms with Crippen molar-refractivity contribution in [2.24, 2.45) is 5.92 Å². The zero-order chi connectivity index (χ0) is 15.1. The molecule has 1 aliphatic rings. The summed E-state index contributed by atoms with van der Waals surface area (Å²) in [6.07, 6.45) is 5.77. The van der Waals surface area contributed by atoms with E-state index in [1.807, 2.05) is 42.3 Å². The first kappa shape index (κ1) is 15.6. The van der Waals surface area contributed by atoms with Crippen LogP contribution < -0.4 is 10.1 Å². The molecule has 4 heteroatoms. The fourth-order valence-corrected chi connectivity index (χ4v) is 2.79. The topological polar surface area (TPSA) is 41.6 Å². The predicted molar refractivity (Wildman–Crippen MR) is 85.3 cm³/mol. The first-order valence-corrected chi connectivity index (χ1v) is 7.49. The number of likely N-dealkylation sites (tertiary alicyclic amines) is 1. The lowest BCUT2D eigenvalue weighted by Crippen LogP contribution is -2.41. The minimum atomic E-state index is 0.0849. The zero-order valence-corrected chi connectivity index (χ0v) is 12.8. The Balaban J connectivity index is 1.98. The minimum absolute atomic E-state index is 0.0849. The van der Waals surface area contributed by atoms with Crippen molar-refractivity contribution in [1.29, 1.82) is 0 Å². The van der Waals surface area contributed by atoms with E-state index in [1.54, 1.807) is 13.2 Å². The highest BCUT2D eigenvalue weighted by Gasteiger charge is 2.21. The second-order valence-electron chi connectivity index (χ2n) is 5.43. The number of methoxy groups -OCH3 is 1. The third kappa shape index (κ3) is 4.33. The number of rotatable bonds is 5. The van der Waals surface area contributed by atoms with E-state index < -0.39 is 0 Å². The van der Waals surface area contributed by atoms with Gasteiger partial charge in [-0.2, -0.15) is 0 Å². The van der Waals surface area contributed by atoms with Crippen molar-refractivity contribution in [2.45, 2.75) is 12.8 Å². The maximum absolute atomic E-state index is 12.3. The molecule has 1 amide bonds. The molecule has 1 N–H and O–H groups in total. The largest absolute Gasteiger partial charge is 0.496 e. The average molecular weight is 288 g/mol. The lowest BCUT2D eigenvalue weighted by molar-refractivity contribution is -0.127. The van der Waals surface area contributed by atoms with Crippen molar-refractivity contribution in [1.82, 2.24) is 10.2 Å². The summed E-state index contributed by atoms with van der Waals surface area (Å²) in [6.45, 7) is 2.67. The van der Waals surface area contributed by atoms with Gasteiger partial charge in [0.2, 0.25) is 5.91 Å². The molecule has 4 nitrogen and oxygen atoms in total. The van der Waals surface area contributed by atoms with Crippen LogP contribution in [0.4, 0.5) is 0 Å². The molecule has 1 fully saturated rings. The molecule has 1 aliphatic heterocycles. The van der Waals surface area contributed by atoms with E-state index in [9.17, 15) is 4.79 Å². The van der Waals surface area contributed by atoms with Crippen LogP contribution in [0.2, 0.25) is 0 Å². The Morgan fingerprint density at radius 3 is 3.05 bits per heavy atom. The van der Waals surface area contributed by atoms with E-state index >= 15 is 0 Å². The fraction of sp³-hybridized carbons (Fsp3) is 0.471. The maximum atomic E-state index is 12.3. The van der Waals surface area contributed by atoms with Gasteiger partial charge in [0, 0.05) is 24.7 Å². The monoisotopic (exact) mass is 288 g/mol. The molecule has 21 heavy (non-hydrogen) atoms. The van der Waals surface area contributed by atoms with Crippen LogP contribution >= 0.6 is 0 Å². The van der Waals surface area contributed by atoms with Crippen molar-refractivity contribution < 1.29 is 9.53 Å².